The van der Waals surface area contributed by atoms with E-state index in [9.17, 15) is 18.0 Å². The molecule has 2 fully saturated rings. The number of ether oxygens (including phenoxy) is 2. The average Bonchev–Trinajstić information content (AvgIpc) is 3.20. The molecule has 2 saturated heterocycles. The van der Waals surface area contributed by atoms with Crippen molar-refractivity contribution in [2.75, 3.05) is 49.7 Å². The van der Waals surface area contributed by atoms with Crippen molar-refractivity contribution < 1.29 is 27.5 Å². The number of carbonyl (C=O) groups is 2. The highest BCUT2D eigenvalue weighted by molar-refractivity contribution is 7.89. The summed E-state index contributed by atoms with van der Waals surface area (Å²) in [5.41, 5.74) is 1.84. The van der Waals surface area contributed by atoms with Crippen molar-refractivity contribution in [3.05, 3.63) is 53.6 Å². The Bertz CT molecular complexity index is 1110. The van der Waals surface area contributed by atoms with Crippen LogP contribution in [-0.4, -0.2) is 64.2 Å². The Morgan fingerprint density at radius 3 is 2.48 bits per heavy atom. The number of benzene rings is 2. The van der Waals surface area contributed by atoms with E-state index in [2.05, 4.69) is 5.32 Å². The third-order valence-electron chi connectivity index (χ3n) is 5.27. The van der Waals surface area contributed by atoms with Crippen molar-refractivity contribution in [3.8, 4) is 0 Å². The summed E-state index contributed by atoms with van der Waals surface area (Å²) in [5, 5.41) is 2.81. The van der Waals surface area contributed by atoms with Crippen LogP contribution < -0.4 is 10.2 Å². The number of nitrogens with zero attached hydrogens (tertiary/aromatic N) is 2. The number of rotatable bonds is 5. The first kappa shape index (κ1) is 21.3. The van der Waals surface area contributed by atoms with Gasteiger partial charge in [-0.15, -0.1) is 0 Å². The van der Waals surface area contributed by atoms with Gasteiger partial charge in [-0.1, -0.05) is 18.2 Å². The van der Waals surface area contributed by atoms with Gasteiger partial charge in [0, 0.05) is 18.7 Å². The molecule has 2 heterocycles. The summed E-state index contributed by atoms with van der Waals surface area (Å²) < 4.78 is 37.5. The maximum atomic E-state index is 13.1. The first-order valence-electron chi connectivity index (χ1n) is 9.91. The fraction of sp³-hybridized carbons (Fsp3) is 0.333. The first-order valence-corrected chi connectivity index (χ1v) is 11.3. The summed E-state index contributed by atoms with van der Waals surface area (Å²) in [6.07, 6.45) is -0.475. The largest absolute Gasteiger partial charge is 0.447 e. The van der Waals surface area contributed by atoms with Gasteiger partial charge in [0.05, 0.1) is 36.0 Å². The van der Waals surface area contributed by atoms with Gasteiger partial charge < -0.3 is 14.8 Å². The maximum absolute atomic E-state index is 13.1. The zero-order valence-corrected chi connectivity index (χ0v) is 17.9. The molecule has 31 heavy (non-hydrogen) atoms. The van der Waals surface area contributed by atoms with E-state index in [4.69, 9.17) is 9.47 Å². The molecular weight excluding hydrogens is 422 g/mol. The molecule has 0 saturated carbocycles. The molecule has 0 spiro atoms. The molecule has 10 heteroatoms. The monoisotopic (exact) mass is 445 g/mol. The Balaban J connectivity index is 1.62. The van der Waals surface area contributed by atoms with E-state index in [1.165, 1.54) is 21.3 Å². The van der Waals surface area contributed by atoms with Crippen LogP contribution in [0, 0.1) is 6.92 Å². The lowest BCUT2D eigenvalue weighted by atomic mass is 10.1. The van der Waals surface area contributed by atoms with Gasteiger partial charge in [0.1, 0.15) is 6.61 Å². The molecule has 4 rings (SSSR count). The van der Waals surface area contributed by atoms with E-state index in [-0.39, 0.29) is 30.2 Å². The fourth-order valence-corrected chi connectivity index (χ4v) is 4.99. The molecule has 1 N–H and O–H groups in total. The lowest BCUT2D eigenvalue weighted by Gasteiger charge is -2.26. The quantitative estimate of drug-likeness (QED) is 0.757. The highest BCUT2D eigenvalue weighted by Crippen LogP contribution is 2.29. The number of hydrogen-bond donors (Lipinski definition) is 1. The molecule has 0 radical (unpaired) electrons. The van der Waals surface area contributed by atoms with Crippen LogP contribution in [0.5, 0.6) is 0 Å². The Kier molecular flexibility index (Phi) is 5.94. The molecule has 2 aliphatic rings. The minimum atomic E-state index is -3.73. The van der Waals surface area contributed by atoms with Gasteiger partial charge in [0.2, 0.25) is 10.0 Å². The van der Waals surface area contributed by atoms with E-state index in [1.807, 2.05) is 0 Å². The van der Waals surface area contributed by atoms with Crippen LogP contribution in [-0.2, 0) is 19.5 Å². The van der Waals surface area contributed by atoms with Gasteiger partial charge in [0.25, 0.3) is 5.91 Å². The lowest BCUT2D eigenvalue weighted by Crippen LogP contribution is -2.40. The molecule has 0 aliphatic carbocycles. The summed E-state index contributed by atoms with van der Waals surface area (Å²) in [7, 11) is -3.73. The number of amides is 2. The van der Waals surface area contributed by atoms with Crippen molar-refractivity contribution in [1.82, 2.24) is 4.31 Å². The van der Waals surface area contributed by atoms with Gasteiger partial charge in [-0.3, -0.25) is 9.69 Å². The van der Waals surface area contributed by atoms with Crippen LogP contribution in [0.1, 0.15) is 15.9 Å². The SMILES string of the molecule is Cc1ccc(S(=O)(=O)N2CCOCC2)cc1C(=O)Nc1ccccc1N1CCOC1=O. The molecule has 2 aromatic rings. The molecule has 164 valence electrons. The second kappa shape index (κ2) is 8.66. The van der Waals surface area contributed by atoms with Crippen LogP contribution in [0.4, 0.5) is 16.2 Å². The molecule has 0 atom stereocenters. The molecule has 0 bridgehead atoms. The third kappa shape index (κ3) is 4.27. The Hall–Kier alpha value is -2.95. The number of sulfonamides is 1. The van der Waals surface area contributed by atoms with Gasteiger partial charge in [-0.2, -0.15) is 4.31 Å². The molecule has 9 nitrogen and oxygen atoms in total. The zero-order chi connectivity index (χ0) is 22.0. The highest BCUT2D eigenvalue weighted by Gasteiger charge is 2.28. The number of para-hydroxylation sites is 2. The summed E-state index contributed by atoms with van der Waals surface area (Å²) >= 11 is 0. The Labute approximate surface area is 180 Å². The van der Waals surface area contributed by atoms with Crippen LogP contribution in [0.3, 0.4) is 0 Å². The topological polar surface area (TPSA) is 105 Å². The predicted molar refractivity (Wildman–Crippen MR) is 114 cm³/mol. The predicted octanol–water partition coefficient (Wildman–Crippen LogP) is 2.22. The normalized spacial score (nSPS) is 17.5. The van der Waals surface area contributed by atoms with Crippen LogP contribution in [0.15, 0.2) is 47.4 Å². The molecule has 2 aromatic carbocycles. The summed E-state index contributed by atoms with van der Waals surface area (Å²) in [6, 6.07) is 11.4. The van der Waals surface area contributed by atoms with Gasteiger partial charge in [0.15, 0.2) is 0 Å². The smallest absolute Gasteiger partial charge is 0.414 e. The molecule has 2 aliphatic heterocycles. The number of hydrogen-bond acceptors (Lipinski definition) is 6. The Morgan fingerprint density at radius 2 is 1.77 bits per heavy atom. The van der Waals surface area contributed by atoms with Gasteiger partial charge in [-0.25, -0.2) is 13.2 Å². The summed E-state index contributed by atoms with van der Waals surface area (Å²) in [6.45, 7) is 3.64. The van der Waals surface area contributed by atoms with E-state index >= 15 is 0 Å². The minimum absolute atomic E-state index is 0.0570. The first-order chi connectivity index (χ1) is 14.9. The minimum Gasteiger partial charge on any atom is -0.447 e. The van der Waals surface area contributed by atoms with Crippen molar-refractivity contribution in [2.45, 2.75) is 11.8 Å². The van der Waals surface area contributed by atoms with Gasteiger partial charge >= 0.3 is 6.09 Å². The van der Waals surface area contributed by atoms with Crippen LogP contribution in [0.25, 0.3) is 0 Å². The zero-order valence-electron chi connectivity index (χ0n) is 17.0. The van der Waals surface area contributed by atoms with E-state index in [0.717, 1.165) is 0 Å². The van der Waals surface area contributed by atoms with E-state index < -0.39 is 22.0 Å². The summed E-state index contributed by atoms with van der Waals surface area (Å²) in [5.74, 6) is -0.462. The Morgan fingerprint density at radius 1 is 1.03 bits per heavy atom. The number of cyclic esters (lactones) is 1. The molecular formula is C21H23N3O6S. The summed E-state index contributed by atoms with van der Waals surface area (Å²) in [4.78, 5) is 26.5. The second-order valence-electron chi connectivity index (χ2n) is 7.23. The van der Waals surface area contributed by atoms with Crippen molar-refractivity contribution >= 4 is 33.4 Å². The average molecular weight is 445 g/mol. The third-order valence-corrected chi connectivity index (χ3v) is 7.16. The van der Waals surface area contributed by atoms with E-state index in [0.29, 0.717) is 36.7 Å². The maximum Gasteiger partial charge on any atom is 0.414 e. The second-order valence-corrected chi connectivity index (χ2v) is 9.17. The standard InChI is InChI=1S/C21H23N3O6S/c1-15-6-7-16(31(27,28)23-8-11-29-12-9-23)14-17(15)20(25)22-18-4-2-3-5-19(18)24-10-13-30-21(24)26/h2-7,14H,8-13H2,1H3,(H,22,25). The van der Waals surface area contributed by atoms with E-state index in [1.54, 1.807) is 37.3 Å². The number of morpholine rings is 1. The van der Waals surface area contributed by atoms with Crippen LogP contribution in [0.2, 0.25) is 0 Å². The fourth-order valence-electron chi connectivity index (χ4n) is 3.56. The van der Waals surface area contributed by atoms with Gasteiger partial charge in [-0.05, 0) is 36.8 Å². The number of nitrogens with one attached hydrogen (secondary N) is 1. The number of aryl methyl sites for hydroxylation is 1. The van der Waals surface area contributed by atoms with Crippen LogP contribution >= 0.6 is 0 Å². The van der Waals surface area contributed by atoms with Crippen molar-refractivity contribution in [2.24, 2.45) is 0 Å². The molecule has 0 unspecified atom stereocenters. The van der Waals surface area contributed by atoms with Crippen molar-refractivity contribution in [3.63, 3.8) is 0 Å². The lowest BCUT2D eigenvalue weighted by molar-refractivity contribution is 0.0730. The van der Waals surface area contributed by atoms with Crippen molar-refractivity contribution in [1.29, 1.82) is 0 Å². The number of carbonyl (C=O) groups excluding carboxylic acids is 2. The molecule has 2 amide bonds. The number of anilines is 2. The highest BCUT2D eigenvalue weighted by atomic mass is 32.2. The molecule has 0 aromatic heterocycles.